The van der Waals surface area contributed by atoms with Gasteiger partial charge >= 0.3 is 0 Å². The molecule has 1 fully saturated rings. The topological polar surface area (TPSA) is 33.3 Å². The van der Waals surface area contributed by atoms with Gasteiger partial charge in [0.2, 0.25) is 0 Å². The highest BCUT2D eigenvalue weighted by atomic mass is 16.5. The molecule has 18 heavy (non-hydrogen) atoms. The lowest BCUT2D eigenvalue weighted by Crippen LogP contribution is -2.29. The highest BCUT2D eigenvalue weighted by Gasteiger charge is 2.16. The summed E-state index contributed by atoms with van der Waals surface area (Å²) in [7, 11) is 1.73. The smallest absolute Gasteiger partial charge is 0.0713 e. The summed E-state index contributed by atoms with van der Waals surface area (Å²) in [6.45, 7) is 4.11. The molecule has 100 valence electrons. The zero-order valence-electron chi connectivity index (χ0n) is 11.4. The van der Waals surface area contributed by atoms with Crippen LogP contribution in [0.1, 0.15) is 31.7 Å². The van der Waals surface area contributed by atoms with Gasteiger partial charge in [0, 0.05) is 24.9 Å². The molecule has 3 heteroatoms. The van der Waals surface area contributed by atoms with Gasteiger partial charge in [0.05, 0.1) is 6.61 Å². The molecular weight excluding hydrogens is 224 g/mol. The predicted molar refractivity (Wildman–Crippen MR) is 75.9 cm³/mol. The molecule has 3 nitrogen and oxygen atoms in total. The Kier molecular flexibility index (Phi) is 5.02. The second-order valence-corrected chi connectivity index (χ2v) is 5.21. The molecule has 0 saturated carbocycles. The van der Waals surface area contributed by atoms with Crippen molar-refractivity contribution in [3.8, 4) is 0 Å². The van der Waals surface area contributed by atoms with E-state index in [0.717, 1.165) is 0 Å². The molecule has 0 spiro atoms. The maximum absolute atomic E-state index is 5.16. The van der Waals surface area contributed by atoms with Crippen LogP contribution in [-0.2, 0) is 11.3 Å². The first-order valence-corrected chi connectivity index (χ1v) is 6.85. The number of hydrogen-bond acceptors (Lipinski definition) is 3. The number of ether oxygens (including phenoxy) is 1. The average Bonchev–Trinajstić information content (AvgIpc) is 2.82. The van der Waals surface area contributed by atoms with E-state index in [9.17, 15) is 0 Å². The molecule has 1 aliphatic rings. The van der Waals surface area contributed by atoms with Crippen LogP contribution in [0.2, 0.25) is 0 Å². The van der Waals surface area contributed by atoms with Crippen LogP contribution in [-0.4, -0.2) is 25.7 Å². The Bertz CT molecular complexity index is 361. The van der Waals surface area contributed by atoms with Crippen molar-refractivity contribution >= 4 is 5.69 Å². The summed E-state index contributed by atoms with van der Waals surface area (Å²) < 4.78 is 5.16. The number of nitrogens with one attached hydrogen (secondary N) is 2. The van der Waals surface area contributed by atoms with Crippen molar-refractivity contribution in [2.24, 2.45) is 0 Å². The van der Waals surface area contributed by atoms with Crippen LogP contribution >= 0.6 is 0 Å². The van der Waals surface area contributed by atoms with Crippen molar-refractivity contribution in [2.45, 2.75) is 44.9 Å². The van der Waals surface area contributed by atoms with Gasteiger partial charge in [0.1, 0.15) is 0 Å². The predicted octanol–water partition coefficient (Wildman–Crippen LogP) is 2.78. The molecule has 2 N–H and O–H groups in total. The standard InChI is InChI=1S/C15H24N2O/c1-12(9-14-7-4-8-16-14)17-15-6-3-5-13(10-15)11-18-2/h3,5-6,10,12,14,16-17H,4,7-9,11H2,1-2H3. The first-order chi connectivity index (χ1) is 8.78. The van der Waals surface area contributed by atoms with E-state index in [1.165, 1.54) is 37.1 Å². The van der Waals surface area contributed by atoms with E-state index in [-0.39, 0.29) is 0 Å². The Morgan fingerprint density at radius 3 is 3.11 bits per heavy atom. The fourth-order valence-corrected chi connectivity index (χ4v) is 2.65. The van der Waals surface area contributed by atoms with Gasteiger partial charge in [0.15, 0.2) is 0 Å². The van der Waals surface area contributed by atoms with Crippen LogP contribution in [0.4, 0.5) is 5.69 Å². The maximum Gasteiger partial charge on any atom is 0.0713 e. The zero-order chi connectivity index (χ0) is 12.8. The third kappa shape index (κ3) is 4.00. The van der Waals surface area contributed by atoms with E-state index in [1.54, 1.807) is 7.11 Å². The Morgan fingerprint density at radius 2 is 2.39 bits per heavy atom. The summed E-state index contributed by atoms with van der Waals surface area (Å²) in [5, 5.41) is 7.12. The molecule has 1 aromatic rings. The fraction of sp³-hybridized carbons (Fsp3) is 0.600. The minimum absolute atomic E-state index is 0.499. The monoisotopic (exact) mass is 248 g/mol. The van der Waals surface area contributed by atoms with Gasteiger partial charge in [-0.3, -0.25) is 0 Å². The molecule has 1 heterocycles. The van der Waals surface area contributed by atoms with Crippen LogP contribution in [0, 0.1) is 0 Å². The lowest BCUT2D eigenvalue weighted by Gasteiger charge is -2.19. The van der Waals surface area contributed by atoms with Crippen LogP contribution in [0.15, 0.2) is 24.3 Å². The van der Waals surface area contributed by atoms with Crippen molar-refractivity contribution < 1.29 is 4.74 Å². The lowest BCUT2D eigenvalue weighted by molar-refractivity contribution is 0.185. The number of methoxy groups -OCH3 is 1. The number of anilines is 1. The van der Waals surface area contributed by atoms with Gasteiger partial charge in [-0.05, 0) is 50.4 Å². The summed E-state index contributed by atoms with van der Waals surface area (Å²) in [6.07, 6.45) is 3.82. The first kappa shape index (κ1) is 13.4. The van der Waals surface area contributed by atoms with Gasteiger partial charge in [0.25, 0.3) is 0 Å². The molecule has 2 unspecified atom stereocenters. The molecule has 0 aromatic heterocycles. The largest absolute Gasteiger partial charge is 0.383 e. The van der Waals surface area contributed by atoms with E-state index in [0.29, 0.717) is 18.7 Å². The molecule has 2 atom stereocenters. The van der Waals surface area contributed by atoms with Crippen molar-refractivity contribution in [3.63, 3.8) is 0 Å². The van der Waals surface area contributed by atoms with Gasteiger partial charge in [-0.1, -0.05) is 12.1 Å². The van der Waals surface area contributed by atoms with Gasteiger partial charge in [-0.15, -0.1) is 0 Å². The summed E-state index contributed by atoms with van der Waals surface area (Å²) in [5.74, 6) is 0. The minimum atomic E-state index is 0.499. The quantitative estimate of drug-likeness (QED) is 0.812. The third-order valence-corrected chi connectivity index (χ3v) is 3.45. The summed E-state index contributed by atoms with van der Waals surface area (Å²) in [4.78, 5) is 0. The fourth-order valence-electron chi connectivity index (χ4n) is 2.65. The van der Waals surface area contributed by atoms with Crippen molar-refractivity contribution in [1.29, 1.82) is 0 Å². The molecule has 1 saturated heterocycles. The van der Waals surface area contributed by atoms with Gasteiger partial charge in [-0.25, -0.2) is 0 Å². The van der Waals surface area contributed by atoms with Crippen molar-refractivity contribution in [3.05, 3.63) is 29.8 Å². The minimum Gasteiger partial charge on any atom is -0.383 e. The highest BCUT2D eigenvalue weighted by molar-refractivity contribution is 5.46. The first-order valence-electron chi connectivity index (χ1n) is 6.85. The van der Waals surface area contributed by atoms with E-state index in [4.69, 9.17) is 4.74 Å². The van der Waals surface area contributed by atoms with E-state index in [1.807, 2.05) is 0 Å². The molecule has 0 amide bonds. The summed E-state index contributed by atoms with van der Waals surface area (Å²) in [6, 6.07) is 9.66. The van der Waals surface area contributed by atoms with E-state index >= 15 is 0 Å². The van der Waals surface area contributed by atoms with Crippen LogP contribution in [0.3, 0.4) is 0 Å². The molecule has 0 radical (unpaired) electrons. The van der Waals surface area contributed by atoms with E-state index in [2.05, 4.69) is 41.8 Å². The molecule has 1 aromatic carbocycles. The van der Waals surface area contributed by atoms with Crippen LogP contribution < -0.4 is 10.6 Å². The average molecular weight is 248 g/mol. The second kappa shape index (κ2) is 6.76. The molecular formula is C15H24N2O. The Labute approximate surface area is 110 Å². The van der Waals surface area contributed by atoms with Crippen molar-refractivity contribution in [1.82, 2.24) is 5.32 Å². The van der Waals surface area contributed by atoms with E-state index < -0.39 is 0 Å². The Morgan fingerprint density at radius 1 is 1.50 bits per heavy atom. The normalized spacial score (nSPS) is 20.9. The van der Waals surface area contributed by atoms with Crippen LogP contribution in [0.25, 0.3) is 0 Å². The molecule has 2 rings (SSSR count). The van der Waals surface area contributed by atoms with Gasteiger partial charge in [-0.2, -0.15) is 0 Å². The number of benzene rings is 1. The Hall–Kier alpha value is -1.06. The van der Waals surface area contributed by atoms with Crippen LogP contribution in [0.5, 0.6) is 0 Å². The third-order valence-electron chi connectivity index (χ3n) is 3.45. The lowest BCUT2D eigenvalue weighted by atomic mass is 10.1. The van der Waals surface area contributed by atoms with Gasteiger partial charge < -0.3 is 15.4 Å². The second-order valence-electron chi connectivity index (χ2n) is 5.21. The molecule has 0 bridgehead atoms. The molecule has 0 aliphatic carbocycles. The SMILES string of the molecule is COCc1cccc(NC(C)CC2CCCN2)c1. The Balaban J connectivity index is 1.85. The summed E-state index contributed by atoms with van der Waals surface area (Å²) in [5.41, 5.74) is 2.41. The molecule has 1 aliphatic heterocycles. The zero-order valence-corrected chi connectivity index (χ0v) is 11.4. The highest BCUT2D eigenvalue weighted by Crippen LogP contribution is 2.16. The number of hydrogen-bond donors (Lipinski definition) is 2. The maximum atomic E-state index is 5.16. The summed E-state index contributed by atoms with van der Waals surface area (Å²) >= 11 is 0. The number of rotatable bonds is 6. The van der Waals surface area contributed by atoms with Crippen molar-refractivity contribution in [2.75, 3.05) is 19.0 Å².